The number of hydrogen-bond donors (Lipinski definition) is 3. The van der Waals surface area contributed by atoms with Crippen LogP contribution in [-0.2, 0) is 81.4 Å². The SMILES string of the molecule is CC(C)C(=O)OC1NCc2cccnc21.CC(C)OC(=O)ON1CC2C3C=CC(C3)C2C1=O.CC(C)OC(=O)ON1N=NC2C=CC=NC21.CC(C)OC(=O)ON1NNc2ccccc2C1=O.CC(C)OC(=O)Oc1c(F)c(F)c(F)c(F)c1F.CC(C)OC(=O)On1ccccc1=O.CC(C)OC(=O)On1nnc2c(c1=O)CCCC2.CC(C)OC(=O)On1nnc2ccccc2c1=O. The first-order valence-electron chi connectivity index (χ1n) is 41.9. The number of carbonyl (C=O) groups excluding carboxylic acids is 10. The Hall–Kier alpha value is -15.1. The Balaban J connectivity index is 0.000000190. The number of benzene rings is 3. The van der Waals surface area contributed by atoms with Crippen molar-refractivity contribution in [2.24, 2.45) is 44.9 Å². The predicted octanol–water partition coefficient (Wildman–Crippen LogP) is 11.4. The quantitative estimate of drug-likeness (QED) is 0.0118. The fourth-order valence-corrected chi connectivity index (χ4v) is 12.5. The molecule has 7 aromatic rings. The molecule has 4 aromatic heterocycles. The lowest BCUT2D eigenvalue weighted by Crippen LogP contribution is -2.50. The number of esters is 1. The highest BCUT2D eigenvalue weighted by molar-refractivity contribution is 6.00. The summed E-state index contributed by atoms with van der Waals surface area (Å²) in [5, 5.41) is 28.6. The molecule has 1 saturated heterocycles. The zero-order chi connectivity index (χ0) is 99.2. The standard InChI is InChI=1S/C13H17NO4.C11H15N3O4.C11H13N3O4.C11H11N3O4.C11H14N2O2.C10H7F5O3.C9H12N4O3.C9H11NO4/c1-7(2)17-13(16)18-14-6-10-8-3-4-9(5-8)11(10)12(14)15;3*1-7(2)17-11(16)18-14-10(15)8-5-3-4-6-9(8)12-13-14;1-7(2)11(14)15-10-9-8(6-13-10)4-3-5-12-9;1-3(2)17-10(16)18-9-7(14)5(12)4(11)6(13)8(9)15;1-6(2)15-9(14)16-13-8-7(11-12-13)4-3-5-10-8;1-7(2)13-9(12)14-10-6-4-3-5-8(10)11/h3-4,7-11H,5-6H2,1-2H3;7H,3-6H2,1-2H3;3-7,12-13H,1-2H3;3-7H,1-2H3;3-5,7,10,13H,6H2,1-2H3;3H,1-2H3;3-8H,1-2H3;3-7H,1-2H3. The summed E-state index contributed by atoms with van der Waals surface area (Å²) >= 11 is 0. The van der Waals surface area contributed by atoms with Crippen LogP contribution in [0.4, 0.5) is 61.2 Å². The van der Waals surface area contributed by atoms with E-state index in [1.54, 1.807) is 162 Å². The van der Waals surface area contributed by atoms with Crippen molar-refractivity contribution in [3.05, 3.63) is 204 Å². The monoisotopic (exact) mass is 1900 g/mol. The van der Waals surface area contributed by atoms with Gasteiger partial charge in [0.1, 0.15) is 17.3 Å². The molecular weight excluding hydrogens is 1800 g/mol. The number of hydroxylamine groups is 4. The number of amides is 2. The topological polar surface area (TPSA) is 522 Å². The molecular formula is C85H100F5N17O28. The van der Waals surface area contributed by atoms with Gasteiger partial charge in [0, 0.05) is 36.8 Å². The Bertz CT molecular complexity index is 5650. The van der Waals surface area contributed by atoms with E-state index in [0.717, 1.165) is 46.8 Å². The molecule has 2 fully saturated rings. The maximum Gasteiger partial charge on any atom is 0.535 e. The van der Waals surface area contributed by atoms with Gasteiger partial charge in [-0.2, -0.15) is 19.0 Å². The van der Waals surface area contributed by atoms with E-state index in [4.69, 9.17) is 47.8 Å². The molecule has 7 unspecified atom stereocenters. The lowest BCUT2D eigenvalue weighted by Gasteiger charge is -2.27. The molecule has 3 aromatic carbocycles. The van der Waals surface area contributed by atoms with Crippen LogP contribution in [0.2, 0.25) is 0 Å². The summed E-state index contributed by atoms with van der Waals surface area (Å²) in [6.07, 6.45) is 6.78. The van der Waals surface area contributed by atoms with Crippen molar-refractivity contribution < 1.29 is 142 Å². The number of para-hydroxylation sites is 1. The normalized spacial score (nSPS) is 17.7. The lowest BCUT2D eigenvalue weighted by molar-refractivity contribution is -0.169. The van der Waals surface area contributed by atoms with Crippen molar-refractivity contribution in [3.63, 3.8) is 0 Å². The van der Waals surface area contributed by atoms with Crippen molar-refractivity contribution in [3.8, 4) is 5.75 Å². The molecule has 8 aliphatic rings. The molecule has 135 heavy (non-hydrogen) atoms. The minimum absolute atomic E-state index is 0.00634. The molecule has 15 rings (SSSR count). The predicted molar refractivity (Wildman–Crippen MR) is 454 cm³/mol. The van der Waals surface area contributed by atoms with Crippen LogP contribution in [0.15, 0.2) is 145 Å². The van der Waals surface area contributed by atoms with E-state index in [0.29, 0.717) is 85.5 Å². The average molecular weight is 1900 g/mol. The van der Waals surface area contributed by atoms with Crippen LogP contribution in [0.1, 0.15) is 169 Å². The zero-order valence-corrected chi connectivity index (χ0v) is 75.7. The number of ether oxygens (including phenoxy) is 9. The Morgan fingerprint density at radius 2 is 1.06 bits per heavy atom. The molecule has 1 saturated carbocycles. The minimum atomic E-state index is -2.34. The van der Waals surface area contributed by atoms with E-state index < -0.39 is 113 Å². The number of rotatable bonds is 16. The molecule has 50 heteroatoms. The fourth-order valence-electron chi connectivity index (χ4n) is 12.5. The highest BCUT2D eigenvalue weighted by atomic mass is 19.2. The molecule has 3 aliphatic carbocycles. The van der Waals surface area contributed by atoms with E-state index >= 15 is 0 Å². The van der Waals surface area contributed by atoms with Gasteiger partial charge in [-0.15, -0.1) is 20.5 Å². The first-order valence-corrected chi connectivity index (χ1v) is 41.9. The molecule has 9 heterocycles. The van der Waals surface area contributed by atoms with Crippen molar-refractivity contribution in [2.45, 2.75) is 211 Å². The molecule has 0 spiro atoms. The summed E-state index contributed by atoms with van der Waals surface area (Å²) in [6.45, 7) is 28.0. The Morgan fingerprint density at radius 1 is 0.526 bits per heavy atom. The summed E-state index contributed by atoms with van der Waals surface area (Å²) in [7, 11) is 0. The third-order valence-electron chi connectivity index (χ3n) is 18.1. The minimum Gasteiger partial charge on any atom is -0.440 e. The number of allylic oxidation sites excluding steroid dienone is 3. The molecule has 45 nitrogen and oxygen atoms in total. The number of aliphatic imine (C=N–C) groups is 1. The second kappa shape index (κ2) is 49.9. The van der Waals surface area contributed by atoms with Crippen molar-refractivity contribution in [1.29, 1.82) is 0 Å². The van der Waals surface area contributed by atoms with Crippen molar-refractivity contribution >= 4 is 83.7 Å². The molecule has 2 bridgehead atoms. The van der Waals surface area contributed by atoms with Crippen LogP contribution in [0.3, 0.4) is 0 Å². The van der Waals surface area contributed by atoms with E-state index in [2.05, 4.69) is 93.3 Å². The number of halogens is 5. The Kier molecular flexibility index (Phi) is 38.9. The molecule has 5 aliphatic heterocycles. The third-order valence-corrected chi connectivity index (χ3v) is 18.1. The number of pyridine rings is 2. The van der Waals surface area contributed by atoms with E-state index in [-0.39, 0.29) is 72.6 Å². The molecule has 0 radical (unpaired) electrons. The van der Waals surface area contributed by atoms with Crippen LogP contribution < -0.4 is 52.2 Å². The Labute approximate surface area is 765 Å². The van der Waals surface area contributed by atoms with Gasteiger partial charge in [-0.05, 0) is 220 Å². The Morgan fingerprint density at radius 3 is 1.67 bits per heavy atom. The molecule has 728 valence electrons. The van der Waals surface area contributed by atoms with Crippen molar-refractivity contribution in [2.75, 3.05) is 12.0 Å². The second-order valence-electron chi connectivity index (χ2n) is 31.4. The third kappa shape index (κ3) is 31.0. The van der Waals surface area contributed by atoms with Crippen LogP contribution in [0.25, 0.3) is 10.9 Å². The molecule has 3 N–H and O–H groups in total. The highest BCUT2D eigenvalue weighted by Crippen LogP contribution is 2.52. The highest BCUT2D eigenvalue weighted by Gasteiger charge is 2.56. The largest absolute Gasteiger partial charge is 0.535 e. The number of hydrazine groups is 2. The number of anilines is 1. The van der Waals surface area contributed by atoms with Gasteiger partial charge in [-0.25, -0.2) is 46.7 Å². The smallest absolute Gasteiger partial charge is 0.440 e. The van der Waals surface area contributed by atoms with Gasteiger partial charge >= 0.3 is 66.1 Å². The summed E-state index contributed by atoms with van der Waals surface area (Å²) in [5.74, 6) is -12.7. The summed E-state index contributed by atoms with van der Waals surface area (Å²) < 4.78 is 107. The zero-order valence-electron chi connectivity index (χ0n) is 75.7. The van der Waals surface area contributed by atoms with Crippen LogP contribution in [-0.4, -0.2) is 184 Å². The van der Waals surface area contributed by atoms with E-state index in [1.807, 2.05) is 32.1 Å². The van der Waals surface area contributed by atoms with Gasteiger partial charge in [0.2, 0.25) is 41.0 Å². The van der Waals surface area contributed by atoms with Gasteiger partial charge in [0.25, 0.3) is 11.5 Å². The van der Waals surface area contributed by atoms with Crippen LogP contribution >= 0.6 is 0 Å². The summed E-state index contributed by atoms with van der Waals surface area (Å²) in [5.41, 5.74) is 8.38. The number of dihydropyridines is 1. The number of aromatic nitrogens is 8. The number of carbonyl (C=O) groups is 10. The van der Waals surface area contributed by atoms with Crippen molar-refractivity contribution in [1.82, 2.24) is 66.3 Å². The average Bonchev–Trinajstić information content (AvgIpc) is 1.58. The van der Waals surface area contributed by atoms with Gasteiger partial charge in [0.05, 0.1) is 83.4 Å². The number of nitrogens with zero attached hydrogens (tertiary/aromatic N) is 14. The molecule has 7 atom stereocenters. The number of nitrogens with one attached hydrogen (secondary N) is 3. The number of hydrogen-bond acceptors (Lipinski definition) is 40. The maximum atomic E-state index is 13.0. The lowest BCUT2D eigenvalue weighted by atomic mass is 9.86. The first kappa shape index (κ1) is 105. The van der Waals surface area contributed by atoms with Crippen LogP contribution in [0, 0.1) is 58.7 Å². The maximum absolute atomic E-state index is 13.0. The number of fused-ring (bicyclic) bond motifs is 10. The first-order chi connectivity index (χ1) is 64.0. The summed E-state index contributed by atoms with van der Waals surface area (Å²) in [4.78, 5) is 187. The van der Waals surface area contributed by atoms with Gasteiger partial charge in [-0.3, -0.25) is 68.2 Å². The van der Waals surface area contributed by atoms with Gasteiger partial charge in [0.15, 0.2) is 6.23 Å². The molecule has 2 amide bonds. The second-order valence-corrected chi connectivity index (χ2v) is 31.4. The van der Waals surface area contributed by atoms with Crippen LogP contribution in [0.5, 0.6) is 5.75 Å². The number of aryl methyl sites for hydroxylation is 1. The van der Waals surface area contributed by atoms with E-state index in [9.17, 15) is 84.3 Å². The summed E-state index contributed by atoms with van der Waals surface area (Å²) in [6, 6.07) is 21.5. The fraction of sp³-hybridized carbons (Fsp3) is 0.447. The van der Waals surface area contributed by atoms with Gasteiger partial charge in [-0.1, -0.05) is 78.8 Å². The van der Waals surface area contributed by atoms with E-state index in [1.165, 1.54) is 31.2 Å². The van der Waals surface area contributed by atoms with Gasteiger partial charge < -0.3 is 52.9 Å².